The number of carbonyl (C=O) groups is 1. The Kier molecular flexibility index (Phi) is 7.61. The fraction of sp³-hybridized carbons (Fsp3) is 0.394. The van der Waals surface area contributed by atoms with Gasteiger partial charge in [0.2, 0.25) is 12.5 Å². The van der Waals surface area contributed by atoms with Crippen LogP contribution in [0.4, 0.5) is 19.0 Å². The molecule has 45 heavy (non-hydrogen) atoms. The number of piperazine rings is 1. The molecule has 2 aromatic carbocycles. The number of alkyl halides is 1. The van der Waals surface area contributed by atoms with E-state index in [1.807, 2.05) is 4.90 Å². The summed E-state index contributed by atoms with van der Waals surface area (Å²) in [6.07, 6.45) is 2.42. The molecule has 0 spiro atoms. The third-order valence-corrected chi connectivity index (χ3v) is 10.2. The number of hydrogen-bond donors (Lipinski definition) is 0. The van der Waals surface area contributed by atoms with Crippen molar-refractivity contribution in [1.29, 1.82) is 0 Å². The minimum atomic E-state index is -0.930. The highest BCUT2D eigenvalue weighted by Gasteiger charge is 2.49. The lowest BCUT2D eigenvalue weighted by Gasteiger charge is -2.39. The van der Waals surface area contributed by atoms with Crippen LogP contribution in [-0.2, 0) is 4.79 Å². The van der Waals surface area contributed by atoms with Gasteiger partial charge in [-0.25, -0.2) is 15.4 Å². The monoisotopic (exact) mass is 632 g/mol. The van der Waals surface area contributed by atoms with Crippen LogP contribution in [0.3, 0.4) is 0 Å². The van der Waals surface area contributed by atoms with E-state index < -0.39 is 23.6 Å². The Labute approximate surface area is 262 Å². The molecule has 7 rings (SSSR count). The Hall–Kier alpha value is -4.21. The molecule has 5 heterocycles. The summed E-state index contributed by atoms with van der Waals surface area (Å²) in [5, 5.41) is 0.698. The summed E-state index contributed by atoms with van der Waals surface area (Å²) in [5.41, 5.74) is 0.408. The van der Waals surface area contributed by atoms with Gasteiger partial charge in [0.25, 0.3) is 0 Å². The second-order valence-electron chi connectivity index (χ2n) is 12.0. The predicted molar refractivity (Wildman–Crippen MR) is 168 cm³/mol. The summed E-state index contributed by atoms with van der Waals surface area (Å²) in [6.45, 7) is 13.5. The lowest BCUT2D eigenvalue weighted by atomic mass is 9.95. The molecule has 3 aliphatic heterocycles. The molecule has 1 amide bonds. The first-order chi connectivity index (χ1) is 21.8. The number of hydrogen-bond acceptors (Lipinski definition) is 7. The lowest BCUT2D eigenvalue weighted by Crippen LogP contribution is -2.56. The second kappa shape index (κ2) is 11.6. The average Bonchev–Trinajstić information content (AvgIpc) is 3.70. The van der Waals surface area contributed by atoms with Crippen molar-refractivity contribution in [1.82, 2.24) is 19.8 Å². The molecule has 3 aliphatic rings. The van der Waals surface area contributed by atoms with E-state index in [9.17, 15) is 13.6 Å². The second-order valence-corrected chi connectivity index (χ2v) is 13.0. The van der Waals surface area contributed by atoms with Crippen LogP contribution >= 0.6 is 11.3 Å². The van der Waals surface area contributed by atoms with Crippen molar-refractivity contribution >= 4 is 44.1 Å². The van der Waals surface area contributed by atoms with E-state index in [1.165, 1.54) is 12.1 Å². The molecule has 0 radical (unpaired) electrons. The zero-order valence-corrected chi connectivity index (χ0v) is 25.3. The number of carbonyl (C=O) groups excluding carboxylic acids is 1. The van der Waals surface area contributed by atoms with Gasteiger partial charge < -0.3 is 19.4 Å². The van der Waals surface area contributed by atoms with Crippen molar-refractivity contribution in [3.05, 3.63) is 71.4 Å². The quantitative estimate of drug-likeness (QED) is 0.188. The Bertz CT molecular complexity index is 1860. The van der Waals surface area contributed by atoms with E-state index in [4.69, 9.17) is 16.3 Å². The van der Waals surface area contributed by atoms with Crippen molar-refractivity contribution in [3.63, 3.8) is 0 Å². The maximum absolute atomic E-state index is 16.6. The molecular formula is C33H31F3N6O2S. The lowest BCUT2D eigenvalue weighted by molar-refractivity contribution is -0.128. The molecule has 0 bridgehead atoms. The number of fused-ring (bicyclic) bond motifs is 3. The molecule has 3 saturated heterocycles. The number of aromatic nitrogens is 2. The van der Waals surface area contributed by atoms with Crippen molar-refractivity contribution < 1.29 is 22.7 Å². The van der Waals surface area contributed by atoms with Crippen LogP contribution < -0.4 is 9.64 Å². The first-order valence-corrected chi connectivity index (χ1v) is 15.8. The van der Waals surface area contributed by atoms with E-state index in [-0.39, 0.29) is 41.3 Å². The van der Waals surface area contributed by atoms with Crippen molar-refractivity contribution in [3.8, 4) is 17.1 Å². The number of halogens is 3. The van der Waals surface area contributed by atoms with Crippen molar-refractivity contribution in [2.75, 3.05) is 50.8 Å². The van der Waals surface area contributed by atoms with E-state index in [2.05, 4.69) is 21.3 Å². The Morgan fingerprint density at radius 1 is 1.16 bits per heavy atom. The zero-order valence-electron chi connectivity index (χ0n) is 24.5. The van der Waals surface area contributed by atoms with Crippen molar-refractivity contribution in [2.45, 2.75) is 37.0 Å². The maximum atomic E-state index is 16.6. The normalized spacial score (nSPS) is 23.4. The van der Waals surface area contributed by atoms with Crippen LogP contribution in [0, 0.1) is 17.5 Å². The van der Waals surface area contributed by atoms with Gasteiger partial charge in [0, 0.05) is 53.6 Å². The smallest absolute Gasteiger partial charge is 0.319 e. The molecule has 0 aliphatic carbocycles. The number of amides is 1. The average molecular weight is 633 g/mol. The maximum Gasteiger partial charge on any atom is 0.319 e. The fourth-order valence-electron chi connectivity index (χ4n) is 7.27. The number of nitrogens with zero attached hydrogens (tertiary/aromatic N) is 6. The standard InChI is InChI=1S/C33H31F3N6O2S/c1-3-28(43)42-13-12-40(18-21(42)16-37-2)31-24-9-8-23(22-6-4-7-26-25(22)14-27(35)45-26)29(36)30(24)38-32(39-31)44-19-33-10-5-11-41(33)17-20(34)15-33/h3-4,6-9,14,20-21H,1,5,10-13,15-19H2/t20-,21+,33+/m1/s1. The molecule has 4 aromatic rings. The van der Waals surface area contributed by atoms with Gasteiger partial charge in [0.1, 0.15) is 30.2 Å². The highest BCUT2D eigenvalue weighted by Crippen LogP contribution is 2.42. The summed E-state index contributed by atoms with van der Waals surface area (Å²) in [5.74, 6) is -0.419. The van der Waals surface area contributed by atoms with Crippen LogP contribution in [0.5, 0.6) is 6.01 Å². The number of thiophene rings is 1. The van der Waals surface area contributed by atoms with Gasteiger partial charge >= 0.3 is 6.01 Å². The van der Waals surface area contributed by atoms with Gasteiger partial charge in [-0.15, -0.1) is 11.3 Å². The van der Waals surface area contributed by atoms with Crippen molar-refractivity contribution in [2.24, 2.45) is 0 Å². The Morgan fingerprint density at radius 2 is 2.02 bits per heavy atom. The third-order valence-electron chi connectivity index (χ3n) is 9.36. The van der Waals surface area contributed by atoms with Gasteiger partial charge in [0.15, 0.2) is 10.9 Å². The summed E-state index contributed by atoms with van der Waals surface area (Å²) in [4.78, 5) is 31.1. The largest absolute Gasteiger partial charge is 0.461 e. The van der Waals surface area contributed by atoms with Gasteiger partial charge in [-0.1, -0.05) is 24.8 Å². The number of benzene rings is 2. The zero-order chi connectivity index (χ0) is 31.3. The van der Waals surface area contributed by atoms with Crippen LogP contribution in [0.2, 0.25) is 0 Å². The summed E-state index contributed by atoms with van der Waals surface area (Å²) >= 11 is 1.00. The van der Waals surface area contributed by atoms with Gasteiger partial charge in [0.05, 0.1) is 5.54 Å². The molecule has 232 valence electrons. The molecular weight excluding hydrogens is 601 g/mol. The van der Waals surface area contributed by atoms with Gasteiger partial charge in [-0.05, 0) is 49.2 Å². The molecule has 2 aromatic heterocycles. The number of rotatable bonds is 7. The van der Waals surface area contributed by atoms with Crippen LogP contribution in [-0.4, -0.2) is 89.3 Å². The van der Waals surface area contributed by atoms with E-state index in [0.717, 1.165) is 30.7 Å². The summed E-state index contributed by atoms with van der Waals surface area (Å²) in [6, 6.07) is 9.69. The molecule has 3 fully saturated rings. The fourth-order valence-corrected chi connectivity index (χ4v) is 8.08. The highest BCUT2D eigenvalue weighted by atomic mass is 32.1. The van der Waals surface area contributed by atoms with Crippen LogP contribution in [0.1, 0.15) is 19.3 Å². The van der Waals surface area contributed by atoms with Crippen LogP contribution in [0.25, 0.3) is 37.0 Å². The van der Waals surface area contributed by atoms with Gasteiger partial charge in [-0.2, -0.15) is 14.4 Å². The predicted octanol–water partition coefficient (Wildman–Crippen LogP) is 5.87. The number of anilines is 1. The molecule has 0 unspecified atom stereocenters. The van der Waals surface area contributed by atoms with E-state index in [1.54, 1.807) is 35.2 Å². The molecule has 3 atom stereocenters. The molecule has 8 nitrogen and oxygen atoms in total. The SMILES string of the molecule is [C-]#[N+]C[C@H]1CN(c2nc(OC[C@@]34CCCN3C[C@H](F)C4)nc3c(F)c(-c4cccc5sc(F)cc45)ccc23)CCN1C(=O)C=C. The topological polar surface area (TPSA) is 66.2 Å². The minimum absolute atomic E-state index is 0.0248. The molecule has 12 heteroatoms. The third kappa shape index (κ3) is 5.17. The molecule has 0 saturated carbocycles. The molecule has 0 N–H and O–H groups in total. The Morgan fingerprint density at radius 3 is 2.84 bits per heavy atom. The summed E-state index contributed by atoms with van der Waals surface area (Å²) < 4.78 is 52.2. The number of ether oxygens (including phenoxy) is 1. The van der Waals surface area contributed by atoms with Crippen LogP contribution in [0.15, 0.2) is 49.1 Å². The van der Waals surface area contributed by atoms with Gasteiger partial charge in [-0.3, -0.25) is 9.69 Å². The summed E-state index contributed by atoms with van der Waals surface area (Å²) in [7, 11) is 0. The Balaban J connectivity index is 1.32. The first kappa shape index (κ1) is 29.5. The van der Waals surface area contributed by atoms with E-state index >= 15 is 4.39 Å². The highest BCUT2D eigenvalue weighted by molar-refractivity contribution is 7.17. The van der Waals surface area contributed by atoms with E-state index in [0.29, 0.717) is 59.5 Å². The minimum Gasteiger partial charge on any atom is -0.461 e. The first-order valence-electron chi connectivity index (χ1n) is 15.0.